The molecule has 1 aliphatic heterocycles. The highest BCUT2D eigenvalue weighted by Crippen LogP contribution is 2.35. The molecule has 6 heteroatoms. The van der Waals surface area contributed by atoms with Gasteiger partial charge in [-0.3, -0.25) is 9.59 Å². The molecule has 4 rings (SSSR count). The van der Waals surface area contributed by atoms with Crippen LogP contribution in [0.2, 0.25) is 5.02 Å². The third-order valence-electron chi connectivity index (χ3n) is 6.42. The first kappa shape index (κ1) is 22.4. The number of benzene rings is 2. The number of likely N-dealkylation sites (tertiary alicyclic amines) is 1. The van der Waals surface area contributed by atoms with Crippen LogP contribution >= 0.6 is 11.6 Å². The van der Waals surface area contributed by atoms with E-state index in [9.17, 15) is 9.59 Å². The lowest BCUT2D eigenvalue weighted by molar-refractivity contribution is -0.151. The summed E-state index contributed by atoms with van der Waals surface area (Å²) in [5.74, 6) is -0.215. The fourth-order valence-corrected chi connectivity index (χ4v) is 4.81. The largest absolute Gasteiger partial charge is 0.466 e. The highest BCUT2D eigenvalue weighted by atomic mass is 35.5. The van der Waals surface area contributed by atoms with Gasteiger partial charge >= 0.3 is 5.97 Å². The number of ether oxygens (including phenoxy) is 1. The first-order valence-corrected chi connectivity index (χ1v) is 11.6. The third-order valence-corrected chi connectivity index (χ3v) is 6.67. The number of hydrogen-bond donors (Lipinski definition) is 0. The summed E-state index contributed by atoms with van der Waals surface area (Å²) in [5, 5.41) is 1.83. The van der Waals surface area contributed by atoms with Gasteiger partial charge in [-0.25, -0.2) is 0 Å². The van der Waals surface area contributed by atoms with Gasteiger partial charge in [-0.15, -0.1) is 0 Å². The summed E-state index contributed by atoms with van der Waals surface area (Å²) in [6, 6.07) is 16.1. The highest BCUT2D eigenvalue weighted by molar-refractivity contribution is 6.30. The van der Waals surface area contributed by atoms with Crippen LogP contribution in [0, 0.1) is 5.92 Å². The van der Waals surface area contributed by atoms with Crippen molar-refractivity contribution in [2.45, 2.75) is 32.1 Å². The predicted octanol–water partition coefficient (Wildman–Crippen LogP) is 5.16. The molecular weight excluding hydrogens is 424 g/mol. The number of esters is 1. The van der Waals surface area contributed by atoms with Gasteiger partial charge in [-0.2, -0.15) is 0 Å². The fourth-order valence-electron chi connectivity index (χ4n) is 4.68. The summed E-state index contributed by atoms with van der Waals surface area (Å²) in [5.41, 5.74) is 3.35. The van der Waals surface area contributed by atoms with E-state index >= 15 is 0 Å². The zero-order valence-corrected chi connectivity index (χ0v) is 19.3. The molecule has 0 saturated carbocycles. The van der Waals surface area contributed by atoms with Crippen LogP contribution in [0.15, 0.2) is 54.7 Å². The molecule has 0 radical (unpaired) electrons. The smallest absolute Gasteiger partial charge is 0.309 e. The Bertz CT molecular complexity index is 1100. The molecule has 2 aromatic carbocycles. The molecule has 0 spiro atoms. The van der Waals surface area contributed by atoms with Crippen LogP contribution in [0.25, 0.3) is 10.9 Å². The third kappa shape index (κ3) is 4.68. The van der Waals surface area contributed by atoms with Gasteiger partial charge in [-0.05, 0) is 49.1 Å². The molecule has 1 unspecified atom stereocenters. The lowest BCUT2D eigenvalue weighted by Crippen LogP contribution is -2.41. The number of para-hydroxylation sites is 1. The molecule has 0 aliphatic carbocycles. The van der Waals surface area contributed by atoms with Crippen LogP contribution in [-0.4, -0.2) is 41.0 Å². The molecule has 168 valence electrons. The molecule has 32 heavy (non-hydrogen) atoms. The van der Waals surface area contributed by atoms with Crippen molar-refractivity contribution in [3.63, 3.8) is 0 Å². The van der Waals surface area contributed by atoms with E-state index in [0.717, 1.165) is 22.0 Å². The standard InChI is InChI=1S/C26H29ClN2O3/c1-3-32-26(31)19-12-14-29(15-13-19)25(30)16-22(18-8-10-20(27)11-9-18)23-17-28(2)24-7-5-4-6-21(23)24/h4-11,17,19,22H,3,12-16H2,1-2H3. The molecule has 1 saturated heterocycles. The zero-order valence-electron chi connectivity index (χ0n) is 18.6. The van der Waals surface area contributed by atoms with E-state index in [1.807, 2.05) is 55.3 Å². The monoisotopic (exact) mass is 452 g/mol. The molecule has 0 N–H and O–H groups in total. The first-order valence-electron chi connectivity index (χ1n) is 11.2. The molecule has 1 fully saturated rings. The second-order valence-corrected chi connectivity index (χ2v) is 8.86. The number of hydrogen-bond acceptors (Lipinski definition) is 3. The average molecular weight is 453 g/mol. The van der Waals surface area contributed by atoms with Crippen molar-refractivity contribution < 1.29 is 14.3 Å². The van der Waals surface area contributed by atoms with Crippen LogP contribution < -0.4 is 0 Å². The molecular formula is C26H29ClN2O3. The Morgan fingerprint density at radius 2 is 1.78 bits per heavy atom. The molecule has 1 amide bonds. The van der Waals surface area contributed by atoms with Gasteiger partial charge in [0.05, 0.1) is 12.5 Å². The number of carbonyl (C=O) groups excluding carboxylic acids is 2. The van der Waals surface area contributed by atoms with E-state index in [2.05, 4.69) is 22.9 Å². The van der Waals surface area contributed by atoms with Crippen molar-refractivity contribution in [3.8, 4) is 0 Å². The van der Waals surface area contributed by atoms with Gasteiger partial charge in [0.25, 0.3) is 0 Å². The van der Waals surface area contributed by atoms with Crippen molar-refractivity contribution in [3.05, 3.63) is 70.9 Å². The molecule has 3 aromatic rings. The number of fused-ring (bicyclic) bond motifs is 1. The maximum Gasteiger partial charge on any atom is 0.309 e. The lowest BCUT2D eigenvalue weighted by Gasteiger charge is -2.32. The van der Waals surface area contributed by atoms with E-state index in [-0.39, 0.29) is 23.7 Å². The molecule has 1 aromatic heterocycles. The van der Waals surface area contributed by atoms with Crippen LogP contribution in [0.5, 0.6) is 0 Å². The topological polar surface area (TPSA) is 51.5 Å². The molecule has 2 heterocycles. The van der Waals surface area contributed by atoms with E-state index in [4.69, 9.17) is 16.3 Å². The van der Waals surface area contributed by atoms with Crippen LogP contribution in [-0.2, 0) is 21.4 Å². The number of aryl methyl sites for hydroxylation is 1. The fraction of sp³-hybridized carbons (Fsp3) is 0.385. The Balaban J connectivity index is 1.57. The normalized spacial score (nSPS) is 15.7. The van der Waals surface area contributed by atoms with Crippen molar-refractivity contribution in [1.29, 1.82) is 0 Å². The van der Waals surface area contributed by atoms with Crippen LogP contribution in [0.1, 0.15) is 43.2 Å². The minimum absolute atomic E-state index is 0.0753. The van der Waals surface area contributed by atoms with Crippen molar-refractivity contribution in [1.82, 2.24) is 9.47 Å². The van der Waals surface area contributed by atoms with Gasteiger partial charge in [0.1, 0.15) is 0 Å². The van der Waals surface area contributed by atoms with Gasteiger partial charge in [0.2, 0.25) is 5.91 Å². The quantitative estimate of drug-likeness (QED) is 0.485. The Kier molecular flexibility index (Phi) is 6.85. The number of aromatic nitrogens is 1. The van der Waals surface area contributed by atoms with Crippen LogP contribution in [0.4, 0.5) is 0 Å². The first-order chi connectivity index (χ1) is 15.5. The summed E-state index contributed by atoms with van der Waals surface area (Å²) < 4.78 is 7.27. The number of carbonyl (C=O) groups is 2. The summed E-state index contributed by atoms with van der Waals surface area (Å²) in [4.78, 5) is 27.3. The number of halogens is 1. The molecule has 0 bridgehead atoms. The van der Waals surface area contributed by atoms with Crippen LogP contribution in [0.3, 0.4) is 0 Å². The van der Waals surface area contributed by atoms with E-state index in [0.29, 0.717) is 44.0 Å². The number of nitrogens with zero attached hydrogens (tertiary/aromatic N) is 2. The molecule has 5 nitrogen and oxygen atoms in total. The second kappa shape index (κ2) is 9.78. The summed E-state index contributed by atoms with van der Waals surface area (Å²) >= 11 is 6.13. The van der Waals surface area contributed by atoms with Gasteiger partial charge in [-0.1, -0.05) is 41.9 Å². The number of amides is 1. The number of rotatable bonds is 6. The van der Waals surface area contributed by atoms with E-state index in [1.54, 1.807) is 0 Å². The van der Waals surface area contributed by atoms with Gasteiger partial charge in [0.15, 0.2) is 0 Å². The van der Waals surface area contributed by atoms with E-state index in [1.165, 1.54) is 0 Å². The maximum absolute atomic E-state index is 13.3. The SMILES string of the molecule is CCOC(=O)C1CCN(C(=O)CC(c2ccc(Cl)cc2)c2cn(C)c3ccccc23)CC1. The summed E-state index contributed by atoms with van der Waals surface area (Å²) in [7, 11) is 2.03. The van der Waals surface area contributed by atoms with Crippen molar-refractivity contribution in [2.75, 3.05) is 19.7 Å². The second-order valence-electron chi connectivity index (χ2n) is 8.43. The molecule has 1 atom stereocenters. The van der Waals surface area contributed by atoms with Crippen molar-refractivity contribution >= 4 is 34.4 Å². The summed E-state index contributed by atoms with van der Waals surface area (Å²) in [6.07, 6.45) is 3.82. The maximum atomic E-state index is 13.3. The Hall–Kier alpha value is -2.79. The highest BCUT2D eigenvalue weighted by Gasteiger charge is 2.30. The number of piperidine rings is 1. The molecule has 1 aliphatic rings. The predicted molar refractivity (Wildman–Crippen MR) is 127 cm³/mol. The zero-order chi connectivity index (χ0) is 22.7. The average Bonchev–Trinajstić information content (AvgIpc) is 3.15. The van der Waals surface area contributed by atoms with Gasteiger partial charge in [0, 0.05) is 54.6 Å². The lowest BCUT2D eigenvalue weighted by atomic mass is 9.87. The Morgan fingerprint density at radius 1 is 1.09 bits per heavy atom. The Labute approximate surface area is 193 Å². The van der Waals surface area contributed by atoms with Crippen molar-refractivity contribution in [2.24, 2.45) is 13.0 Å². The minimum Gasteiger partial charge on any atom is -0.466 e. The Morgan fingerprint density at radius 3 is 2.47 bits per heavy atom. The minimum atomic E-state index is -0.144. The van der Waals surface area contributed by atoms with E-state index < -0.39 is 0 Å². The van der Waals surface area contributed by atoms with Gasteiger partial charge < -0.3 is 14.2 Å². The summed E-state index contributed by atoms with van der Waals surface area (Å²) in [6.45, 7) is 3.39.